The Kier molecular flexibility index (Phi) is 4.13. The predicted octanol–water partition coefficient (Wildman–Crippen LogP) is 2.81. The van der Waals surface area contributed by atoms with Gasteiger partial charge in [-0.3, -0.25) is 4.79 Å². The number of amides is 1. The van der Waals surface area contributed by atoms with Gasteiger partial charge < -0.3 is 4.90 Å². The molecule has 0 radical (unpaired) electrons. The highest BCUT2D eigenvalue weighted by atomic mass is 16.2. The van der Waals surface area contributed by atoms with Crippen molar-refractivity contribution in [2.45, 2.75) is 34.2 Å². The number of benzene rings is 1. The van der Waals surface area contributed by atoms with Gasteiger partial charge in [-0.05, 0) is 44.4 Å². The van der Waals surface area contributed by atoms with Crippen molar-refractivity contribution in [3.8, 4) is 6.07 Å². The molecule has 3 nitrogen and oxygen atoms in total. The van der Waals surface area contributed by atoms with Gasteiger partial charge in [-0.15, -0.1) is 0 Å². The third-order valence-corrected chi connectivity index (χ3v) is 3.15. The van der Waals surface area contributed by atoms with E-state index in [0.717, 1.165) is 5.56 Å². The molecule has 3 heteroatoms. The van der Waals surface area contributed by atoms with E-state index in [-0.39, 0.29) is 5.91 Å². The fraction of sp³-hybridized carbons (Fsp3) is 0.467. The number of aryl methyl sites for hydroxylation is 2. The lowest BCUT2D eigenvalue weighted by Crippen LogP contribution is -2.37. The van der Waals surface area contributed by atoms with Crippen LogP contribution in [0.3, 0.4) is 0 Å². The van der Waals surface area contributed by atoms with Gasteiger partial charge in [0.15, 0.2) is 0 Å². The van der Waals surface area contributed by atoms with E-state index in [0.29, 0.717) is 6.54 Å². The first kappa shape index (κ1) is 14.2. The van der Waals surface area contributed by atoms with E-state index < -0.39 is 5.41 Å². The van der Waals surface area contributed by atoms with Gasteiger partial charge in [0, 0.05) is 13.6 Å². The Morgan fingerprint density at radius 2 is 1.94 bits per heavy atom. The van der Waals surface area contributed by atoms with E-state index in [1.165, 1.54) is 11.1 Å². The van der Waals surface area contributed by atoms with Crippen molar-refractivity contribution >= 4 is 5.91 Å². The van der Waals surface area contributed by atoms with E-state index in [2.05, 4.69) is 26.0 Å². The first-order valence-corrected chi connectivity index (χ1v) is 6.01. The molecule has 0 saturated carbocycles. The van der Waals surface area contributed by atoms with Gasteiger partial charge >= 0.3 is 0 Å². The lowest BCUT2D eigenvalue weighted by Gasteiger charge is -2.24. The minimum Gasteiger partial charge on any atom is -0.340 e. The molecule has 0 spiro atoms. The Bertz CT molecular complexity index is 498. The molecule has 0 N–H and O–H groups in total. The van der Waals surface area contributed by atoms with Crippen LogP contribution in [0.15, 0.2) is 18.2 Å². The topological polar surface area (TPSA) is 44.1 Å². The highest BCUT2D eigenvalue weighted by molar-refractivity contribution is 5.84. The molecule has 0 aliphatic rings. The number of carbonyl (C=O) groups is 1. The average Bonchev–Trinajstić information content (AvgIpc) is 2.32. The maximum atomic E-state index is 12.1. The van der Waals surface area contributed by atoms with Gasteiger partial charge in [-0.1, -0.05) is 18.2 Å². The number of hydrogen-bond donors (Lipinski definition) is 0. The molecule has 1 aromatic rings. The molecule has 18 heavy (non-hydrogen) atoms. The number of rotatable bonds is 3. The van der Waals surface area contributed by atoms with Crippen molar-refractivity contribution in [1.82, 2.24) is 4.90 Å². The van der Waals surface area contributed by atoms with Crippen LogP contribution in [0.5, 0.6) is 0 Å². The second-order valence-corrected chi connectivity index (χ2v) is 5.32. The van der Waals surface area contributed by atoms with Crippen LogP contribution in [-0.4, -0.2) is 17.9 Å². The monoisotopic (exact) mass is 244 g/mol. The van der Waals surface area contributed by atoms with Crippen molar-refractivity contribution in [3.63, 3.8) is 0 Å². The predicted molar refractivity (Wildman–Crippen MR) is 71.8 cm³/mol. The smallest absolute Gasteiger partial charge is 0.242 e. The van der Waals surface area contributed by atoms with Crippen LogP contribution in [0, 0.1) is 30.6 Å². The fourth-order valence-corrected chi connectivity index (χ4v) is 1.77. The lowest BCUT2D eigenvalue weighted by atomic mass is 9.94. The highest BCUT2D eigenvalue weighted by Crippen LogP contribution is 2.19. The molecular formula is C15H20N2O. The average molecular weight is 244 g/mol. The molecule has 1 aromatic carbocycles. The summed E-state index contributed by atoms with van der Waals surface area (Å²) >= 11 is 0. The van der Waals surface area contributed by atoms with Crippen LogP contribution >= 0.6 is 0 Å². The molecule has 0 aromatic heterocycles. The van der Waals surface area contributed by atoms with Crippen molar-refractivity contribution in [2.75, 3.05) is 7.05 Å². The van der Waals surface area contributed by atoms with E-state index in [4.69, 9.17) is 5.26 Å². The van der Waals surface area contributed by atoms with E-state index in [1.54, 1.807) is 25.8 Å². The van der Waals surface area contributed by atoms with Gasteiger partial charge in [0.1, 0.15) is 5.41 Å². The molecule has 0 aliphatic carbocycles. The molecule has 0 atom stereocenters. The minimum atomic E-state index is -0.964. The van der Waals surface area contributed by atoms with Crippen LogP contribution in [0.1, 0.15) is 30.5 Å². The van der Waals surface area contributed by atoms with Gasteiger partial charge in [0.05, 0.1) is 6.07 Å². The normalized spacial score (nSPS) is 10.9. The SMILES string of the molecule is Cc1ccc(CN(C)C(=O)C(C)(C)C#N)cc1C. The van der Waals surface area contributed by atoms with Crippen molar-refractivity contribution in [3.05, 3.63) is 34.9 Å². The van der Waals surface area contributed by atoms with Gasteiger partial charge in [0.25, 0.3) is 0 Å². The quantitative estimate of drug-likeness (QED) is 0.820. The number of hydrogen-bond acceptors (Lipinski definition) is 2. The molecule has 0 fully saturated rings. The second kappa shape index (κ2) is 5.22. The third kappa shape index (κ3) is 3.10. The summed E-state index contributed by atoms with van der Waals surface area (Å²) in [5, 5.41) is 8.96. The molecular weight excluding hydrogens is 224 g/mol. The summed E-state index contributed by atoms with van der Waals surface area (Å²) in [6.45, 7) is 7.94. The molecule has 96 valence electrons. The number of carbonyl (C=O) groups excluding carboxylic acids is 1. The molecule has 1 rings (SSSR count). The Morgan fingerprint density at radius 3 is 2.44 bits per heavy atom. The summed E-state index contributed by atoms with van der Waals surface area (Å²) < 4.78 is 0. The Labute approximate surface area is 109 Å². The Balaban J connectivity index is 2.82. The van der Waals surface area contributed by atoms with E-state index in [9.17, 15) is 4.79 Å². The molecule has 0 aliphatic heterocycles. The summed E-state index contributed by atoms with van der Waals surface area (Å²) in [4.78, 5) is 13.7. The van der Waals surface area contributed by atoms with E-state index in [1.807, 2.05) is 12.1 Å². The second-order valence-electron chi connectivity index (χ2n) is 5.32. The minimum absolute atomic E-state index is 0.150. The Morgan fingerprint density at radius 1 is 1.33 bits per heavy atom. The number of nitrogens with zero attached hydrogens (tertiary/aromatic N) is 2. The zero-order valence-corrected chi connectivity index (χ0v) is 11.7. The highest BCUT2D eigenvalue weighted by Gasteiger charge is 2.30. The fourth-order valence-electron chi connectivity index (χ4n) is 1.77. The molecule has 0 unspecified atom stereocenters. The zero-order valence-electron chi connectivity index (χ0n) is 11.7. The Hall–Kier alpha value is -1.82. The van der Waals surface area contributed by atoms with Gasteiger partial charge in [-0.25, -0.2) is 0 Å². The summed E-state index contributed by atoms with van der Waals surface area (Å²) in [5.74, 6) is -0.150. The van der Waals surface area contributed by atoms with E-state index >= 15 is 0 Å². The maximum absolute atomic E-state index is 12.1. The summed E-state index contributed by atoms with van der Waals surface area (Å²) in [6, 6.07) is 8.19. The molecule has 1 amide bonds. The molecule has 0 bridgehead atoms. The van der Waals surface area contributed by atoms with Crippen LogP contribution < -0.4 is 0 Å². The van der Waals surface area contributed by atoms with Crippen molar-refractivity contribution in [1.29, 1.82) is 5.26 Å². The van der Waals surface area contributed by atoms with Crippen molar-refractivity contribution < 1.29 is 4.79 Å². The lowest BCUT2D eigenvalue weighted by molar-refractivity contribution is -0.136. The summed E-state index contributed by atoms with van der Waals surface area (Å²) in [7, 11) is 1.73. The summed E-state index contributed by atoms with van der Waals surface area (Å²) in [5.41, 5.74) is 2.58. The molecule has 0 saturated heterocycles. The van der Waals surface area contributed by atoms with Crippen LogP contribution in [-0.2, 0) is 11.3 Å². The first-order chi connectivity index (χ1) is 8.27. The standard InChI is InChI=1S/C15H20N2O/c1-11-6-7-13(8-12(11)2)9-17(5)14(18)15(3,4)10-16/h6-8H,9H2,1-5H3. The maximum Gasteiger partial charge on any atom is 0.242 e. The third-order valence-electron chi connectivity index (χ3n) is 3.15. The van der Waals surface area contributed by atoms with Crippen LogP contribution in [0.25, 0.3) is 0 Å². The zero-order chi connectivity index (χ0) is 13.9. The number of nitriles is 1. The summed E-state index contributed by atoms with van der Waals surface area (Å²) in [6.07, 6.45) is 0. The first-order valence-electron chi connectivity index (χ1n) is 6.01. The van der Waals surface area contributed by atoms with Gasteiger partial charge in [0.2, 0.25) is 5.91 Å². The molecule has 0 heterocycles. The van der Waals surface area contributed by atoms with Gasteiger partial charge in [-0.2, -0.15) is 5.26 Å². The van der Waals surface area contributed by atoms with Crippen molar-refractivity contribution in [2.24, 2.45) is 5.41 Å². The largest absolute Gasteiger partial charge is 0.340 e. The van der Waals surface area contributed by atoms with Crippen LogP contribution in [0.2, 0.25) is 0 Å². The van der Waals surface area contributed by atoms with Crippen LogP contribution in [0.4, 0.5) is 0 Å².